The lowest BCUT2D eigenvalue weighted by atomic mass is 10.2. The van der Waals surface area contributed by atoms with Crippen LogP contribution in [0.3, 0.4) is 0 Å². The third-order valence-electron chi connectivity index (χ3n) is 4.98. The molecule has 0 bridgehead atoms. The van der Waals surface area contributed by atoms with E-state index in [-0.39, 0.29) is 11.7 Å². The number of ether oxygens (including phenoxy) is 1. The molecule has 0 atom stereocenters. The van der Waals surface area contributed by atoms with Crippen LogP contribution in [0.1, 0.15) is 31.7 Å². The summed E-state index contributed by atoms with van der Waals surface area (Å²) in [5, 5.41) is 2.48. The van der Waals surface area contributed by atoms with E-state index in [1.807, 2.05) is 30.9 Å². The smallest absolute Gasteiger partial charge is 0.409 e. The minimum Gasteiger partial charge on any atom is -0.409 e. The Bertz CT molecular complexity index is 900. The second kappa shape index (κ2) is 11.4. The van der Waals surface area contributed by atoms with Gasteiger partial charge in [0.05, 0.1) is 4.91 Å². The van der Waals surface area contributed by atoms with E-state index in [0.717, 1.165) is 32.4 Å². The number of carbonyl (C=O) groups excluding carboxylic acids is 2. The molecule has 0 saturated carbocycles. The molecule has 1 N–H and O–H groups in total. The first-order valence-corrected chi connectivity index (χ1v) is 11.6. The number of hydrogen-bond acceptors (Lipinski definition) is 7. The SMILES string of the molecule is CCCN(CCN(C)C)C(=O)Oc1cc(F)ccc1/C=C1/SC(N2CCCCN2)=NC1=O. The van der Waals surface area contributed by atoms with Gasteiger partial charge < -0.3 is 14.5 Å². The van der Waals surface area contributed by atoms with Crippen molar-refractivity contribution in [3.63, 3.8) is 0 Å². The quantitative estimate of drug-likeness (QED) is 0.623. The van der Waals surface area contributed by atoms with Gasteiger partial charge in [0.25, 0.3) is 5.91 Å². The summed E-state index contributed by atoms with van der Waals surface area (Å²) < 4.78 is 19.5. The van der Waals surface area contributed by atoms with Crippen molar-refractivity contribution in [1.82, 2.24) is 20.2 Å². The first kappa shape index (κ1) is 24.2. The molecule has 1 aromatic carbocycles. The number of halogens is 1. The first-order valence-electron chi connectivity index (χ1n) is 10.8. The highest BCUT2D eigenvalue weighted by atomic mass is 32.2. The molecule has 2 aliphatic heterocycles. The highest BCUT2D eigenvalue weighted by molar-refractivity contribution is 8.18. The number of nitrogens with zero attached hydrogens (tertiary/aromatic N) is 4. The zero-order valence-electron chi connectivity index (χ0n) is 18.8. The van der Waals surface area contributed by atoms with Crippen molar-refractivity contribution in [2.24, 2.45) is 4.99 Å². The molecule has 0 radical (unpaired) electrons. The molecule has 0 aromatic heterocycles. The highest BCUT2D eigenvalue weighted by Gasteiger charge is 2.27. The molecule has 1 saturated heterocycles. The van der Waals surface area contributed by atoms with Gasteiger partial charge in [0.2, 0.25) is 0 Å². The van der Waals surface area contributed by atoms with Gasteiger partial charge in [-0.2, -0.15) is 4.99 Å². The maximum absolute atomic E-state index is 14.0. The standard InChI is InChI=1S/C22H30FN5O3S/c1-4-10-27(13-12-26(2)3)22(30)31-18-15-17(23)8-7-16(18)14-19-20(29)25-21(32-19)28-11-6-5-9-24-28/h7-8,14-15,24H,4-6,9-13H2,1-3H3/b19-14+. The maximum Gasteiger partial charge on any atom is 0.415 e. The van der Waals surface area contributed by atoms with Gasteiger partial charge in [0, 0.05) is 44.4 Å². The monoisotopic (exact) mass is 463 g/mol. The summed E-state index contributed by atoms with van der Waals surface area (Å²) in [5.41, 5.74) is 3.68. The van der Waals surface area contributed by atoms with Crippen molar-refractivity contribution in [2.75, 3.05) is 46.8 Å². The number of nitrogens with one attached hydrogen (secondary N) is 1. The molecule has 174 valence electrons. The first-order chi connectivity index (χ1) is 15.4. The average molecular weight is 464 g/mol. The number of benzene rings is 1. The second-order valence-corrected chi connectivity index (χ2v) is 8.93. The van der Waals surface area contributed by atoms with E-state index < -0.39 is 11.9 Å². The molecule has 0 aliphatic carbocycles. The molecule has 10 heteroatoms. The van der Waals surface area contributed by atoms with E-state index in [0.29, 0.717) is 35.3 Å². The highest BCUT2D eigenvalue weighted by Crippen LogP contribution is 2.33. The third-order valence-corrected chi connectivity index (χ3v) is 5.99. The fraction of sp³-hybridized carbons (Fsp3) is 0.500. The zero-order chi connectivity index (χ0) is 23.1. The Morgan fingerprint density at radius 1 is 1.31 bits per heavy atom. The van der Waals surface area contributed by atoms with Crippen LogP contribution in [-0.4, -0.2) is 78.8 Å². The van der Waals surface area contributed by atoms with E-state index in [1.54, 1.807) is 11.0 Å². The van der Waals surface area contributed by atoms with Crippen LogP contribution in [0.25, 0.3) is 6.08 Å². The number of likely N-dealkylation sites (N-methyl/N-ethyl adjacent to an activating group) is 1. The van der Waals surface area contributed by atoms with Gasteiger partial charge in [0.1, 0.15) is 11.6 Å². The molecule has 2 aliphatic rings. The van der Waals surface area contributed by atoms with Gasteiger partial charge in [0.15, 0.2) is 5.17 Å². The van der Waals surface area contributed by atoms with Crippen molar-refractivity contribution in [1.29, 1.82) is 0 Å². The number of carbonyl (C=O) groups is 2. The van der Waals surface area contributed by atoms with Crippen molar-refractivity contribution in [2.45, 2.75) is 26.2 Å². The van der Waals surface area contributed by atoms with Gasteiger partial charge in [-0.25, -0.2) is 14.6 Å². The lowest BCUT2D eigenvalue weighted by molar-refractivity contribution is -0.113. The summed E-state index contributed by atoms with van der Waals surface area (Å²) in [4.78, 5) is 33.3. The number of hydrazine groups is 1. The summed E-state index contributed by atoms with van der Waals surface area (Å²) in [7, 11) is 3.86. The molecule has 2 heterocycles. The minimum absolute atomic E-state index is 0.0754. The van der Waals surface area contributed by atoms with E-state index >= 15 is 0 Å². The Labute approximate surface area is 192 Å². The molecule has 0 unspecified atom stereocenters. The van der Waals surface area contributed by atoms with Gasteiger partial charge in [-0.3, -0.25) is 9.80 Å². The number of aliphatic imine (C=N–C) groups is 1. The minimum atomic E-state index is -0.543. The molecule has 32 heavy (non-hydrogen) atoms. The molecule has 2 amide bonds. The van der Waals surface area contributed by atoms with Crippen LogP contribution in [0.15, 0.2) is 28.1 Å². The van der Waals surface area contributed by atoms with E-state index in [9.17, 15) is 14.0 Å². The molecule has 1 aromatic rings. The van der Waals surface area contributed by atoms with E-state index in [2.05, 4.69) is 10.4 Å². The van der Waals surface area contributed by atoms with Crippen molar-refractivity contribution < 1.29 is 18.7 Å². The Morgan fingerprint density at radius 3 is 2.81 bits per heavy atom. The lowest BCUT2D eigenvalue weighted by Gasteiger charge is -2.28. The maximum atomic E-state index is 14.0. The molecular weight excluding hydrogens is 433 g/mol. The van der Waals surface area contributed by atoms with Crippen molar-refractivity contribution >= 4 is 35.0 Å². The van der Waals surface area contributed by atoms with E-state index in [1.165, 1.54) is 30.0 Å². The third kappa shape index (κ3) is 6.54. The number of thioether (sulfide) groups is 1. The lowest BCUT2D eigenvalue weighted by Crippen LogP contribution is -2.45. The normalized spacial score (nSPS) is 17.8. The van der Waals surface area contributed by atoms with Crippen molar-refractivity contribution in [3.05, 3.63) is 34.5 Å². The molecule has 8 nitrogen and oxygen atoms in total. The fourth-order valence-corrected chi connectivity index (χ4v) is 4.18. The Hall–Kier alpha value is -2.43. The van der Waals surface area contributed by atoms with Crippen LogP contribution in [-0.2, 0) is 4.79 Å². The number of rotatable bonds is 7. The largest absolute Gasteiger partial charge is 0.415 e. The second-order valence-electron chi connectivity index (χ2n) is 7.92. The van der Waals surface area contributed by atoms with Crippen LogP contribution in [0.2, 0.25) is 0 Å². The van der Waals surface area contributed by atoms with Crippen LogP contribution < -0.4 is 10.2 Å². The molecule has 3 rings (SSSR count). The molecule has 1 fully saturated rings. The Balaban J connectivity index is 1.76. The molecular formula is C22H30FN5O3S. The number of amidine groups is 1. The molecule has 0 spiro atoms. The van der Waals surface area contributed by atoms with Crippen LogP contribution in [0.5, 0.6) is 5.75 Å². The predicted octanol–water partition coefficient (Wildman–Crippen LogP) is 3.17. The Morgan fingerprint density at radius 2 is 2.12 bits per heavy atom. The van der Waals surface area contributed by atoms with Gasteiger partial charge >= 0.3 is 6.09 Å². The summed E-state index contributed by atoms with van der Waals surface area (Å²) in [6.45, 7) is 5.32. The van der Waals surface area contributed by atoms with Crippen molar-refractivity contribution in [3.8, 4) is 5.75 Å². The van der Waals surface area contributed by atoms with Gasteiger partial charge in [-0.15, -0.1) is 0 Å². The van der Waals surface area contributed by atoms with Gasteiger partial charge in [-0.05, 0) is 63.3 Å². The number of hydrogen-bond donors (Lipinski definition) is 1. The fourth-order valence-electron chi connectivity index (χ4n) is 3.27. The van der Waals surface area contributed by atoms with Crippen LogP contribution >= 0.6 is 11.8 Å². The Kier molecular flexibility index (Phi) is 8.66. The zero-order valence-corrected chi connectivity index (χ0v) is 19.6. The average Bonchev–Trinajstić information content (AvgIpc) is 3.13. The summed E-state index contributed by atoms with van der Waals surface area (Å²) in [6, 6.07) is 3.94. The number of amides is 2. The topological polar surface area (TPSA) is 77.5 Å². The summed E-state index contributed by atoms with van der Waals surface area (Å²) in [5.74, 6) is -0.811. The van der Waals surface area contributed by atoms with E-state index in [4.69, 9.17) is 4.74 Å². The summed E-state index contributed by atoms with van der Waals surface area (Å²) in [6.07, 6.45) is 3.94. The van der Waals surface area contributed by atoms with Gasteiger partial charge in [-0.1, -0.05) is 6.92 Å². The van der Waals surface area contributed by atoms with Crippen LogP contribution in [0, 0.1) is 5.82 Å². The van der Waals surface area contributed by atoms with Crippen LogP contribution in [0.4, 0.5) is 9.18 Å². The predicted molar refractivity (Wildman–Crippen MR) is 125 cm³/mol. The summed E-state index contributed by atoms with van der Waals surface area (Å²) >= 11 is 1.25.